The van der Waals surface area contributed by atoms with Crippen LogP contribution in [0.15, 0.2) is 12.4 Å². The summed E-state index contributed by atoms with van der Waals surface area (Å²) in [6.45, 7) is 9.08. The van der Waals surface area contributed by atoms with Crippen molar-refractivity contribution in [2.24, 2.45) is 0 Å². The van der Waals surface area contributed by atoms with Crippen molar-refractivity contribution in [3.63, 3.8) is 0 Å². The average molecular weight is 306 g/mol. The molecule has 2 fully saturated rings. The second-order valence-corrected chi connectivity index (χ2v) is 7.07. The van der Waals surface area contributed by atoms with Gasteiger partial charge in [-0.2, -0.15) is 0 Å². The molecule has 0 atom stereocenters. The topological polar surface area (TPSA) is 73.7 Å². The predicted octanol–water partition coefficient (Wildman–Crippen LogP) is 0.774. The van der Waals surface area contributed by atoms with E-state index in [2.05, 4.69) is 9.97 Å². The van der Waals surface area contributed by atoms with Crippen LogP contribution in [0.3, 0.4) is 0 Å². The molecule has 0 aliphatic carbocycles. The fraction of sp³-hybridized carbons (Fsp3) is 0.733. The van der Waals surface area contributed by atoms with Crippen LogP contribution in [0.2, 0.25) is 0 Å². The molecule has 1 aromatic rings. The Hall–Kier alpha value is -1.02. The molecule has 2 saturated heterocycles. The van der Waals surface area contributed by atoms with Crippen molar-refractivity contribution < 1.29 is 19.2 Å². The first kappa shape index (κ1) is 15.9. The molecule has 3 heterocycles. The average Bonchev–Trinajstić information content (AvgIpc) is 2.68. The zero-order valence-corrected chi connectivity index (χ0v) is 13.6. The summed E-state index contributed by atoms with van der Waals surface area (Å²) in [4.78, 5) is 8.68. The number of aromatic nitrogens is 2. The second kappa shape index (κ2) is 5.27. The molecule has 1 N–H and O–H groups in total. The minimum Gasteiger partial charge on any atom is -0.399 e. The highest BCUT2D eigenvalue weighted by atomic mass is 16.7. The molecule has 3 rings (SSSR count). The van der Waals surface area contributed by atoms with Crippen molar-refractivity contribution in [1.82, 2.24) is 9.97 Å². The lowest BCUT2D eigenvalue weighted by atomic mass is 9.81. The Bertz CT molecular complexity index is 525. The van der Waals surface area contributed by atoms with Crippen LogP contribution < -0.4 is 5.46 Å². The highest BCUT2D eigenvalue weighted by Gasteiger charge is 2.52. The number of hydrogen-bond donors (Lipinski definition) is 1. The normalized spacial score (nSPS) is 26.1. The summed E-state index contributed by atoms with van der Waals surface area (Å²) in [6.07, 6.45) is 4.39. The summed E-state index contributed by atoms with van der Waals surface area (Å²) < 4.78 is 17.2. The van der Waals surface area contributed by atoms with Gasteiger partial charge in [-0.1, -0.05) is 0 Å². The Morgan fingerprint density at radius 1 is 1.00 bits per heavy atom. The smallest absolute Gasteiger partial charge is 0.399 e. The Labute approximate surface area is 131 Å². The number of hydrogen-bond acceptors (Lipinski definition) is 6. The van der Waals surface area contributed by atoms with Crippen molar-refractivity contribution >= 4 is 12.6 Å². The SMILES string of the molecule is CC1(C)OB(c2cnc(C3(O)CCOCC3)nc2)OC1(C)C. The molecule has 2 aliphatic rings. The standard InChI is InChI=1S/C15H23BN2O4/c1-13(2)14(3,4)22-16(21-13)11-9-17-12(18-10-11)15(19)5-7-20-8-6-15/h9-10,19H,5-8H2,1-4H3. The minimum absolute atomic E-state index is 0.394. The molecule has 1 aromatic heterocycles. The van der Waals surface area contributed by atoms with Gasteiger partial charge in [-0.3, -0.25) is 0 Å². The van der Waals surface area contributed by atoms with E-state index < -0.39 is 23.9 Å². The molecular formula is C15H23BN2O4. The Kier molecular flexibility index (Phi) is 3.80. The fourth-order valence-corrected chi connectivity index (χ4v) is 2.61. The summed E-state index contributed by atoms with van der Waals surface area (Å²) in [5, 5.41) is 10.6. The summed E-state index contributed by atoms with van der Waals surface area (Å²) >= 11 is 0. The zero-order chi connectivity index (χ0) is 16.0. The van der Waals surface area contributed by atoms with Crippen LogP contribution in [0.4, 0.5) is 0 Å². The van der Waals surface area contributed by atoms with E-state index in [9.17, 15) is 5.11 Å². The molecular weight excluding hydrogens is 283 g/mol. The van der Waals surface area contributed by atoms with E-state index in [-0.39, 0.29) is 0 Å². The van der Waals surface area contributed by atoms with E-state index in [4.69, 9.17) is 14.0 Å². The van der Waals surface area contributed by atoms with E-state index in [0.29, 0.717) is 31.9 Å². The van der Waals surface area contributed by atoms with Gasteiger partial charge in [-0.25, -0.2) is 9.97 Å². The van der Waals surface area contributed by atoms with Crippen LogP contribution in [0.1, 0.15) is 46.4 Å². The molecule has 6 nitrogen and oxygen atoms in total. The molecule has 0 bridgehead atoms. The monoisotopic (exact) mass is 306 g/mol. The van der Waals surface area contributed by atoms with Gasteiger partial charge in [0, 0.05) is 43.9 Å². The van der Waals surface area contributed by atoms with Crippen molar-refractivity contribution in [1.29, 1.82) is 0 Å². The van der Waals surface area contributed by atoms with Crippen LogP contribution in [0.25, 0.3) is 0 Å². The molecule has 0 saturated carbocycles. The van der Waals surface area contributed by atoms with E-state index in [1.807, 2.05) is 27.7 Å². The van der Waals surface area contributed by atoms with Crippen LogP contribution in [-0.4, -0.2) is 46.6 Å². The number of rotatable bonds is 2. The van der Waals surface area contributed by atoms with Gasteiger partial charge in [0.05, 0.1) is 11.2 Å². The number of nitrogens with zero attached hydrogens (tertiary/aromatic N) is 2. The lowest BCUT2D eigenvalue weighted by Crippen LogP contribution is -2.41. The largest absolute Gasteiger partial charge is 0.498 e. The Morgan fingerprint density at radius 3 is 2.00 bits per heavy atom. The molecule has 0 amide bonds. The first-order valence-corrected chi connectivity index (χ1v) is 7.72. The first-order valence-electron chi connectivity index (χ1n) is 7.72. The summed E-state index contributed by atoms with van der Waals surface area (Å²) in [5.41, 5.74) is -1.02. The van der Waals surface area contributed by atoms with Crippen molar-refractivity contribution in [2.75, 3.05) is 13.2 Å². The van der Waals surface area contributed by atoms with Crippen molar-refractivity contribution in [3.8, 4) is 0 Å². The van der Waals surface area contributed by atoms with Gasteiger partial charge in [-0.05, 0) is 27.7 Å². The van der Waals surface area contributed by atoms with Gasteiger partial charge in [0.1, 0.15) is 5.60 Å². The van der Waals surface area contributed by atoms with E-state index in [1.54, 1.807) is 12.4 Å². The van der Waals surface area contributed by atoms with E-state index in [1.165, 1.54) is 0 Å². The number of ether oxygens (including phenoxy) is 1. The Morgan fingerprint density at radius 2 is 1.50 bits per heavy atom. The van der Waals surface area contributed by atoms with Gasteiger partial charge < -0.3 is 19.2 Å². The third kappa shape index (κ3) is 2.67. The zero-order valence-electron chi connectivity index (χ0n) is 13.6. The molecule has 7 heteroatoms. The highest BCUT2D eigenvalue weighted by Crippen LogP contribution is 2.36. The molecule has 120 valence electrons. The van der Waals surface area contributed by atoms with Crippen molar-refractivity contribution in [2.45, 2.75) is 57.3 Å². The van der Waals surface area contributed by atoms with E-state index >= 15 is 0 Å². The lowest BCUT2D eigenvalue weighted by Gasteiger charge is -2.32. The van der Waals surface area contributed by atoms with Gasteiger partial charge in [0.2, 0.25) is 0 Å². The van der Waals surface area contributed by atoms with Crippen LogP contribution in [0.5, 0.6) is 0 Å². The summed E-state index contributed by atoms with van der Waals surface area (Å²) in [7, 11) is -0.483. The molecule has 0 radical (unpaired) electrons. The summed E-state index contributed by atoms with van der Waals surface area (Å²) in [6, 6.07) is 0. The summed E-state index contributed by atoms with van der Waals surface area (Å²) in [5.74, 6) is 0.441. The highest BCUT2D eigenvalue weighted by molar-refractivity contribution is 6.61. The van der Waals surface area contributed by atoms with Gasteiger partial charge in [-0.15, -0.1) is 0 Å². The Balaban J connectivity index is 1.78. The maximum atomic E-state index is 10.6. The number of aliphatic hydroxyl groups is 1. The van der Waals surface area contributed by atoms with Gasteiger partial charge in [0.25, 0.3) is 0 Å². The predicted molar refractivity (Wildman–Crippen MR) is 81.7 cm³/mol. The maximum Gasteiger partial charge on any atom is 0.498 e. The lowest BCUT2D eigenvalue weighted by molar-refractivity contribution is -0.0733. The molecule has 22 heavy (non-hydrogen) atoms. The van der Waals surface area contributed by atoms with Crippen LogP contribution >= 0.6 is 0 Å². The molecule has 0 spiro atoms. The third-order valence-corrected chi connectivity index (χ3v) is 4.93. The molecule has 0 unspecified atom stereocenters. The van der Waals surface area contributed by atoms with Gasteiger partial charge >= 0.3 is 7.12 Å². The van der Waals surface area contributed by atoms with Crippen molar-refractivity contribution in [3.05, 3.63) is 18.2 Å². The molecule has 2 aliphatic heterocycles. The molecule has 0 aromatic carbocycles. The van der Waals surface area contributed by atoms with E-state index in [0.717, 1.165) is 5.46 Å². The maximum absolute atomic E-state index is 10.6. The quantitative estimate of drug-likeness (QED) is 0.814. The van der Waals surface area contributed by atoms with Gasteiger partial charge in [0.15, 0.2) is 5.82 Å². The van der Waals surface area contributed by atoms with Crippen LogP contribution in [0, 0.1) is 0 Å². The second-order valence-electron chi connectivity index (χ2n) is 7.07. The minimum atomic E-state index is -0.993. The first-order chi connectivity index (χ1) is 10.2. The fourth-order valence-electron chi connectivity index (χ4n) is 2.61. The third-order valence-electron chi connectivity index (χ3n) is 4.93. The van der Waals surface area contributed by atoms with Crippen LogP contribution in [-0.2, 0) is 19.6 Å².